The summed E-state index contributed by atoms with van der Waals surface area (Å²) in [4.78, 5) is 13.6. The molecule has 2 atom stereocenters. The van der Waals surface area contributed by atoms with Crippen LogP contribution >= 0.6 is 0 Å². The van der Waals surface area contributed by atoms with Crippen LogP contribution in [0.4, 0.5) is 0 Å². The zero-order chi connectivity index (χ0) is 20.0. The molecule has 29 heavy (non-hydrogen) atoms. The number of carbonyl (C=O) groups is 1. The van der Waals surface area contributed by atoms with E-state index in [0.29, 0.717) is 12.1 Å². The largest absolute Gasteiger partial charge is 0.497 e. The zero-order valence-electron chi connectivity index (χ0n) is 16.9. The van der Waals surface area contributed by atoms with E-state index in [1.165, 1.54) is 12.8 Å². The van der Waals surface area contributed by atoms with Gasteiger partial charge in [0.25, 0.3) is 5.91 Å². The predicted octanol–water partition coefficient (Wildman–Crippen LogP) is 3.87. The Morgan fingerprint density at radius 1 is 1.10 bits per heavy atom. The molecule has 2 N–H and O–H groups in total. The fourth-order valence-corrected chi connectivity index (χ4v) is 5.15. The van der Waals surface area contributed by atoms with Crippen molar-refractivity contribution < 1.29 is 9.53 Å². The Hall–Kier alpha value is -2.79. The van der Waals surface area contributed by atoms with Crippen molar-refractivity contribution in [2.75, 3.05) is 7.11 Å². The highest BCUT2D eigenvalue weighted by atomic mass is 16.5. The number of rotatable bonds is 4. The lowest BCUT2D eigenvalue weighted by Gasteiger charge is -2.29. The van der Waals surface area contributed by atoms with Gasteiger partial charge < -0.3 is 19.9 Å². The van der Waals surface area contributed by atoms with Crippen molar-refractivity contribution in [2.24, 2.45) is 7.05 Å². The number of aromatic nitrogens is 1. The maximum absolute atomic E-state index is 13.6. The Morgan fingerprint density at radius 2 is 1.83 bits per heavy atom. The fraction of sp³-hybridized carbons (Fsp3) is 0.375. The number of benzene rings is 2. The first-order valence-electron chi connectivity index (χ1n) is 10.4. The number of methoxy groups -OCH3 is 1. The van der Waals surface area contributed by atoms with Crippen molar-refractivity contribution in [1.29, 1.82) is 0 Å². The van der Waals surface area contributed by atoms with E-state index in [9.17, 15) is 4.79 Å². The van der Waals surface area contributed by atoms with Crippen molar-refractivity contribution in [3.8, 4) is 17.0 Å². The first-order chi connectivity index (χ1) is 14.1. The third-order valence-corrected chi connectivity index (χ3v) is 6.49. The second-order valence-electron chi connectivity index (χ2n) is 8.31. The quantitative estimate of drug-likeness (QED) is 0.712. The Labute approximate surface area is 171 Å². The normalized spacial score (nSPS) is 23.3. The maximum Gasteiger partial charge on any atom is 0.254 e. The minimum absolute atomic E-state index is 0.00834. The molecule has 3 heterocycles. The van der Waals surface area contributed by atoms with Gasteiger partial charge in [-0.3, -0.25) is 4.79 Å². The SMILES string of the molecule is COc1ccc2c(c1)c(C(=O)NC1CC3CCC(C1)N3)c(-c1ccccc1)n2C. The van der Waals surface area contributed by atoms with Gasteiger partial charge in [-0.2, -0.15) is 0 Å². The number of ether oxygens (including phenoxy) is 1. The van der Waals surface area contributed by atoms with E-state index in [4.69, 9.17) is 4.74 Å². The summed E-state index contributed by atoms with van der Waals surface area (Å²) in [6.07, 6.45) is 4.46. The third-order valence-electron chi connectivity index (χ3n) is 6.49. The number of fused-ring (bicyclic) bond motifs is 3. The highest BCUT2D eigenvalue weighted by Crippen LogP contribution is 2.35. The summed E-state index contributed by atoms with van der Waals surface area (Å²) >= 11 is 0. The number of hydrogen-bond donors (Lipinski definition) is 2. The van der Waals surface area contributed by atoms with Gasteiger partial charge in [-0.25, -0.2) is 0 Å². The van der Waals surface area contributed by atoms with E-state index < -0.39 is 0 Å². The maximum atomic E-state index is 13.6. The van der Waals surface area contributed by atoms with Crippen LogP contribution in [0, 0.1) is 0 Å². The molecule has 2 fully saturated rings. The van der Waals surface area contributed by atoms with Crippen LogP contribution in [-0.2, 0) is 7.05 Å². The van der Waals surface area contributed by atoms with Crippen LogP contribution in [0.5, 0.6) is 5.75 Å². The van der Waals surface area contributed by atoms with Crippen LogP contribution in [-0.4, -0.2) is 35.7 Å². The van der Waals surface area contributed by atoms with E-state index in [1.807, 2.05) is 43.4 Å². The molecule has 150 valence electrons. The van der Waals surface area contributed by atoms with Gasteiger partial charge in [-0.05, 0) is 49.4 Å². The minimum Gasteiger partial charge on any atom is -0.497 e. The van der Waals surface area contributed by atoms with Crippen LogP contribution in [0.2, 0.25) is 0 Å². The lowest BCUT2D eigenvalue weighted by Crippen LogP contribution is -2.48. The second-order valence-corrected chi connectivity index (χ2v) is 8.31. The van der Waals surface area contributed by atoms with Crippen LogP contribution in [0.3, 0.4) is 0 Å². The van der Waals surface area contributed by atoms with Gasteiger partial charge in [0.2, 0.25) is 0 Å². The van der Waals surface area contributed by atoms with Crippen molar-refractivity contribution in [2.45, 2.75) is 43.8 Å². The van der Waals surface area contributed by atoms with Crippen LogP contribution in [0.25, 0.3) is 22.2 Å². The average molecular weight is 389 g/mol. The van der Waals surface area contributed by atoms with Crippen molar-refractivity contribution in [3.63, 3.8) is 0 Å². The van der Waals surface area contributed by atoms with Crippen molar-refractivity contribution in [1.82, 2.24) is 15.2 Å². The lowest BCUT2D eigenvalue weighted by atomic mass is 9.98. The molecule has 1 amide bonds. The van der Waals surface area contributed by atoms with E-state index in [2.05, 4.69) is 27.3 Å². The van der Waals surface area contributed by atoms with Gasteiger partial charge in [0.15, 0.2) is 0 Å². The first-order valence-corrected chi connectivity index (χ1v) is 10.4. The molecule has 1 aromatic heterocycles. The molecule has 2 aliphatic rings. The molecule has 2 saturated heterocycles. The number of aryl methyl sites for hydroxylation is 1. The van der Waals surface area contributed by atoms with Gasteiger partial charge >= 0.3 is 0 Å². The molecule has 0 saturated carbocycles. The fourth-order valence-electron chi connectivity index (χ4n) is 5.15. The van der Waals surface area contributed by atoms with E-state index in [0.717, 1.165) is 46.3 Å². The smallest absolute Gasteiger partial charge is 0.254 e. The molecule has 5 heteroatoms. The summed E-state index contributed by atoms with van der Waals surface area (Å²) in [7, 11) is 3.69. The Bertz CT molecular complexity index is 1040. The number of amides is 1. The number of nitrogens with zero attached hydrogens (tertiary/aromatic N) is 1. The average Bonchev–Trinajstić information content (AvgIpc) is 3.24. The topological polar surface area (TPSA) is 55.3 Å². The minimum atomic E-state index is 0.00834. The summed E-state index contributed by atoms with van der Waals surface area (Å²) in [5, 5.41) is 7.93. The summed E-state index contributed by atoms with van der Waals surface area (Å²) in [6, 6.07) is 17.4. The third kappa shape index (κ3) is 3.19. The molecule has 2 bridgehead atoms. The number of nitrogens with one attached hydrogen (secondary N) is 2. The molecule has 3 aromatic rings. The van der Waals surface area contributed by atoms with Crippen LogP contribution < -0.4 is 15.4 Å². The molecule has 2 aromatic carbocycles. The van der Waals surface area contributed by atoms with Crippen LogP contribution in [0.1, 0.15) is 36.0 Å². The molecular weight excluding hydrogens is 362 g/mol. The molecule has 0 spiro atoms. The molecule has 5 rings (SSSR count). The molecule has 0 aliphatic carbocycles. The number of hydrogen-bond acceptors (Lipinski definition) is 3. The molecule has 2 unspecified atom stereocenters. The summed E-state index contributed by atoms with van der Waals surface area (Å²) in [5.74, 6) is 0.769. The Morgan fingerprint density at radius 3 is 2.52 bits per heavy atom. The summed E-state index contributed by atoms with van der Waals surface area (Å²) < 4.78 is 7.57. The second kappa shape index (κ2) is 7.23. The van der Waals surface area contributed by atoms with Gasteiger partial charge in [0, 0.05) is 36.1 Å². The summed E-state index contributed by atoms with van der Waals surface area (Å²) in [6.45, 7) is 0. The summed E-state index contributed by atoms with van der Waals surface area (Å²) in [5.41, 5.74) is 3.75. The van der Waals surface area contributed by atoms with E-state index >= 15 is 0 Å². The molecule has 2 aliphatic heterocycles. The van der Waals surface area contributed by atoms with Crippen LogP contribution in [0.15, 0.2) is 48.5 Å². The number of carbonyl (C=O) groups excluding carboxylic acids is 1. The number of piperidine rings is 1. The molecule has 0 radical (unpaired) electrons. The van der Waals surface area contributed by atoms with Gasteiger partial charge in [0.05, 0.1) is 18.4 Å². The standard InChI is InChI=1S/C24H27N3O2/c1-27-21-11-10-19(29-2)14-20(21)22(23(27)15-6-4-3-5-7-15)24(28)26-18-12-16-8-9-17(13-18)25-16/h3-7,10-11,14,16-18,25H,8-9,12-13H2,1-2H3,(H,26,28). The van der Waals surface area contributed by atoms with E-state index in [-0.39, 0.29) is 11.9 Å². The lowest BCUT2D eigenvalue weighted by molar-refractivity contribution is 0.0926. The monoisotopic (exact) mass is 389 g/mol. The van der Waals surface area contributed by atoms with Crippen molar-refractivity contribution >= 4 is 16.8 Å². The molecular formula is C24H27N3O2. The Kier molecular flexibility index (Phi) is 4.55. The first kappa shape index (κ1) is 18.3. The van der Waals surface area contributed by atoms with Gasteiger partial charge in [-0.15, -0.1) is 0 Å². The van der Waals surface area contributed by atoms with Gasteiger partial charge in [0.1, 0.15) is 5.75 Å². The predicted molar refractivity (Wildman–Crippen MR) is 115 cm³/mol. The highest BCUT2D eigenvalue weighted by molar-refractivity contribution is 6.13. The zero-order valence-corrected chi connectivity index (χ0v) is 16.9. The molecule has 5 nitrogen and oxygen atoms in total. The van der Waals surface area contributed by atoms with E-state index in [1.54, 1.807) is 7.11 Å². The highest BCUT2D eigenvalue weighted by Gasteiger charge is 2.35. The van der Waals surface area contributed by atoms with Gasteiger partial charge in [-0.1, -0.05) is 30.3 Å². The Balaban J connectivity index is 1.59. The van der Waals surface area contributed by atoms with Crippen molar-refractivity contribution in [3.05, 3.63) is 54.1 Å².